The van der Waals surface area contributed by atoms with E-state index in [-0.39, 0.29) is 5.91 Å². The molecule has 0 aliphatic carbocycles. The summed E-state index contributed by atoms with van der Waals surface area (Å²) in [6.45, 7) is 8.08. The maximum Gasteiger partial charge on any atom is 0.251 e. The fourth-order valence-electron chi connectivity index (χ4n) is 3.01. The minimum atomic E-state index is -0.0402. The Kier molecular flexibility index (Phi) is 5.62. The quantitative estimate of drug-likeness (QED) is 0.875. The number of carbonyl (C=O) groups excluding carboxylic acids is 1. The van der Waals surface area contributed by atoms with Gasteiger partial charge in [-0.3, -0.25) is 4.79 Å². The first-order valence-corrected chi connectivity index (χ1v) is 7.95. The molecule has 0 spiro atoms. The highest BCUT2D eigenvalue weighted by atomic mass is 16.1. The molecule has 1 saturated heterocycles. The summed E-state index contributed by atoms with van der Waals surface area (Å²) in [5.41, 5.74) is 1.79. The molecule has 21 heavy (non-hydrogen) atoms. The van der Waals surface area contributed by atoms with Crippen molar-refractivity contribution in [2.45, 2.75) is 32.7 Å². The summed E-state index contributed by atoms with van der Waals surface area (Å²) in [7, 11) is 1.65. The van der Waals surface area contributed by atoms with Gasteiger partial charge < -0.3 is 15.5 Å². The third-order valence-corrected chi connectivity index (χ3v) is 4.56. The summed E-state index contributed by atoms with van der Waals surface area (Å²) in [5, 5.41) is 6.22. The normalized spacial score (nSPS) is 18.2. The van der Waals surface area contributed by atoms with Gasteiger partial charge in [0, 0.05) is 24.3 Å². The van der Waals surface area contributed by atoms with E-state index in [1.54, 1.807) is 7.05 Å². The van der Waals surface area contributed by atoms with E-state index in [0.717, 1.165) is 18.2 Å². The molecule has 116 valence electrons. The third kappa shape index (κ3) is 4.21. The number of hydrogen-bond acceptors (Lipinski definition) is 3. The zero-order chi connectivity index (χ0) is 15.2. The molecule has 1 atom stereocenters. The second-order valence-corrected chi connectivity index (χ2v) is 5.86. The van der Waals surface area contributed by atoms with E-state index >= 15 is 0 Å². The van der Waals surface area contributed by atoms with E-state index in [9.17, 15) is 4.79 Å². The summed E-state index contributed by atoms with van der Waals surface area (Å²) in [6, 6.07) is 8.18. The van der Waals surface area contributed by atoms with Crippen LogP contribution in [0.15, 0.2) is 24.3 Å². The summed E-state index contributed by atoms with van der Waals surface area (Å²) in [4.78, 5) is 14.0. The van der Waals surface area contributed by atoms with Crippen LogP contribution in [0.1, 0.15) is 37.0 Å². The second kappa shape index (κ2) is 7.46. The molecule has 1 aliphatic heterocycles. The third-order valence-electron chi connectivity index (χ3n) is 4.56. The molecule has 0 aromatic heterocycles. The van der Waals surface area contributed by atoms with Crippen LogP contribution in [0, 0.1) is 5.92 Å². The molecule has 0 saturated carbocycles. The molecule has 1 heterocycles. The van der Waals surface area contributed by atoms with Crippen LogP contribution in [0.4, 0.5) is 5.69 Å². The van der Waals surface area contributed by atoms with Gasteiger partial charge in [-0.1, -0.05) is 6.92 Å². The molecular weight excluding hydrogens is 262 g/mol. The van der Waals surface area contributed by atoms with Gasteiger partial charge in [0.2, 0.25) is 0 Å². The van der Waals surface area contributed by atoms with Crippen molar-refractivity contribution >= 4 is 11.6 Å². The summed E-state index contributed by atoms with van der Waals surface area (Å²) in [6.07, 6.45) is 2.52. The number of hydrogen-bond donors (Lipinski definition) is 2. The van der Waals surface area contributed by atoms with Crippen molar-refractivity contribution in [2.24, 2.45) is 5.92 Å². The molecule has 0 bridgehead atoms. The molecule has 4 nitrogen and oxygen atoms in total. The SMILES string of the molecule is CCN1CCC(C(C)Nc2ccc(C(=O)NC)cc2)CC1. The van der Waals surface area contributed by atoms with E-state index in [4.69, 9.17) is 0 Å². The summed E-state index contributed by atoms with van der Waals surface area (Å²) < 4.78 is 0. The number of amides is 1. The molecule has 4 heteroatoms. The van der Waals surface area contributed by atoms with Crippen molar-refractivity contribution in [1.82, 2.24) is 10.2 Å². The Labute approximate surface area is 127 Å². The van der Waals surface area contributed by atoms with E-state index in [1.807, 2.05) is 24.3 Å². The number of benzene rings is 1. The fraction of sp³-hybridized carbons (Fsp3) is 0.588. The lowest BCUT2D eigenvalue weighted by molar-refractivity contribution is 0.0963. The van der Waals surface area contributed by atoms with Crippen LogP contribution in [0.25, 0.3) is 0 Å². The molecule has 1 unspecified atom stereocenters. The van der Waals surface area contributed by atoms with Crippen LogP contribution in [-0.4, -0.2) is 43.5 Å². The number of carbonyl (C=O) groups is 1. The molecule has 1 aromatic rings. The van der Waals surface area contributed by atoms with Crippen molar-refractivity contribution in [3.63, 3.8) is 0 Å². The minimum Gasteiger partial charge on any atom is -0.382 e. The lowest BCUT2D eigenvalue weighted by Crippen LogP contribution is -2.39. The maximum absolute atomic E-state index is 11.5. The lowest BCUT2D eigenvalue weighted by Gasteiger charge is -2.34. The Morgan fingerprint density at radius 1 is 1.29 bits per heavy atom. The van der Waals surface area contributed by atoms with Crippen molar-refractivity contribution < 1.29 is 4.79 Å². The van der Waals surface area contributed by atoms with Crippen molar-refractivity contribution in [1.29, 1.82) is 0 Å². The second-order valence-electron chi connectivity index (χ2n) is 5.86. The van der Waals surface area contributed by atoms with Gasteiger partial charge in [-0.25, -0.2) is 0 Å². The molecule has 1 fully saturated rings. The Bertz CT molecular complexity index is 450. The van der Waals surface area contributed by atoms with Crippen LogP contribution < -0.4 is 10.6 Å². The fourth-order valence-corrected chi connectivity index (χ4v) is 3.01. The highest BCUT2D eigenvalue weighted by Crippen LogP contribution is 2.23. The van der Waals surface area contributed by atoms with Gasteiger partial charge >= 0.3 is 0 Å². The van der Waals surface area contributed by atoms with Crippen LogP contribution in [0.2, 0.25) is 0 Å². The smallest absolute Gasteiger partial charge is 0.251 e. The first-order valence-electron chi connectivity index (χ1n) is 7.95. The molecule has 2 N–H and O–H groups in total. The zero-order valence-electron chi connectivity index (χ0n) is 13.4. The number of likely N-dealkylation sites (tertiary alicyclic amines) is 1. The Morgan fingerprint density at radius 2 is 1.90 bits per heavy atom. The van der Waals surface area contributed by atoms with Crippen molar-refractivity contribution in [3.8, 4) is 0 Å². The van der Waals surface area contributed by atoms with Crippen LogP contribution in [0.3, 0.4) is 0 Å². The first-order chi connectivity index (χ1) is 10.1. The van der Waals surface area contributed by atoms with E-state index in [2.05, 4.69) is 29.4 Å². The molecular formula is C17H27N3O. The summed E-state index contributed by atoms with van der Waals surface area (Å²) in [5.74, 6) is 0.688. The monoisotopic (exact) mass is 289 g/mol. The van der Waals surface area contributed by atoms with Gasteiger partial charge in [-0.15, -0.1) is 0 Å². The number of piperidine rings is 1. The minimum absolute atomic E-state index is 0.0402. The Hall–Kier alpha value is -1.55. The van der Waals surface area contributed by atoms with Gasteiger partial charge in [0.05, 0.1) is 0 Å². The van der Waals surface area contributed by atoms with Crippen LogP contribution in [0.5, 0.6) is 0 Å². The highest BCUT2D eigenvalue weighted by molar-refractivity contribution is 5.94. The van der Waals surface area contributed by atoms with E-state index in [0.29, 0.717) is 11.6 Å². The van der Waals surface area contributed by atoms with Gasteiger partial charge in [0.25, 0.3) is 5.91 Å². The molecule has 2 rings (SSSR count). The molecule has 1 amide bonds. The number of rotatable bonds is 5. The molecule has 0 radical (unpaired) electrons. The average molecular weight is 289 g/mol. The highest BCUT2D eigenvalue weighted by Gasteiger charge is 2.22. The van der Waals surface area contributed by atoms with Crippen molar-refractivity contribution in [2.75, 3.05) is 32.0 Å². The summed E-state index contributed by atoms with van der Waals surface area (Å²) >= 11 is 0. The Balaban J connectivity index is 1.88. The number of nitrogens with zero attached hydrogens (tertiary/aromatic N) is 1. The largest absolute Gasteiger partial charge is 0.382 e. The lowest BCUT2D eigenvalue weighted by atomic mass is 9.90. The van der Waals surface area contributed by atoms with Crippen molar-refractivity contribution in [3.05, 3.63) is 29.8 Å². The Morgan fingerprint density at radius 3 is 2.43 bits per heavy atom. The number of nitrogens with one attached hydrogen (secondary N) is 2. The average Bonchev–Trinajstić information content (AvgIpc) is 2.55. The number of anilines is 1. The predicted molar refractivity (Wildman–Crippen MR) is 87.8 cm³/mol. The van der Waals surface area contributed by atoms with Gasteiger partial charge in [0.15, 0.2) is 0 Å². The van der Waals surface area contributed by atoms with Crippen LogP contribution in [-0.2, 0) is 0 Å². The van der Waals surface area contributed by atoms with Gasteiger partial charge in [0.1, 0.15) is 0 Å². The van der Waals surface area contributed by atoms with Crippen LogP contribution >= 0.6 is 0 Å². The van der Waals surface area contributed by atoms with Gasteiger partial charge in [-0.2, -0.15) is 0 Å². The van der Waals surface area contributed by atoms with Gasteiger partial charge in [-0.05, 0) is 69.6 Å². The maximum atomic E-state index is 11.5. The van der Waals surface area contributed by atoms with E-state index < -0.39 is 0 Å². The standard InChI is InChI=1S/C17H27N3O/c1-4-20-11-9-14(10-12-20)13(2)19-16-7-5-15(6-8-16)17(21)18-3/h5-8,13-14,19H,4,9-12H2,1-3H3,(H,18,21). The van der Waals surface area contributed by atoms with E-state index in [1.165, 1.54) is 25.9 Å². The first kappa shape index (κ1) is 15.8. The predicted octanol–water partition coefficient (Wildman–Crippen LogP) is 2.58. The zero-order valence-corrected chi connectivity index (χ0v) is 13.4. The topological polar surface area (TPSA) is 44.4 Å². The molecule has 1 aliphatic rings. The molecule has 1 aromatic carbocycles.